The maximum absolute atomic E-state index is 8.36. The van der Waals surface area contributed by atoms with E-state index in [1.165, 1.54) is 5.56 Å². The number of rotatable bonds is 1. The molecule has 3 heteroatoms. The van der Waals surface area contributed by atoms with Gasteiger partial charge in [0.1, 0.15) is 0 Å². The second-order valence-corrected chi connectivity index (χ2v) is 1.94. The Labute approximate surface area is 67.2 Å². The van der Waals surface area contributed by atoms with Crippen LogP contribution in [0, 0.1) is 0 Å². The molecule has 0 bridgehead atoms. The topological polar surface area (TPSA) is 37.3 Å². The van der Waals surface area contributed by atoms with Crippen LogP contribution in [-0.4, -0.2) is 12.4 Å². The van der Waals surface area contributed by atoms with Gasteiger partial charge in [0.15, 0.2) is 0 Å². The average molecular weight is 150 g/mol. The SMILES string of the molecule is CCc1ccccc1.O=BO. The Morgan fingerprint density at radius 2 is 1.82 bits per heavy atom. The van der Waals surface area contributed by atoms with E-state index in [1.807, 2.05) is 6.07 Å². The third-order valence-corrected chi connectivity index (χ3v) is 1.25. The molecule has 0 aromatic heterocycles. The molecule has 0 saturated heterocycles. The van der Waals surface area contributed by atoms with Gasteiger partial charge in [0, 0.05) is 0 Å². The van der Waals surface area contributed by atoms with Gasteiger partial charge < -0.3 is 0 Å². The van der Waals surface area contributed by atoms with Crippen molar-refractivity contribution in [3.63, 3.8) is 0 Å². The van der Waals surface area contributed by atoms with E-state index in [0.29, 0.717) is 0 Å². The zero-order chi connectivity index (χ0) is 8.53. The molecule has 0 aliphatic rings. The Morgan fingerprint density at radius 1 is 1.36 bits per heavy atom. The summed E-state index contributed by atoms with van der Waals surface area (Å²) in [6, 6.07) is 10.5. The van der Waals surface area contributed by atoms with Crippen molar-refractivity contribution in [2.45, 2.75) is 13.3 Å². The predicted molar refractivity (Wildman–Crippen MR) is 44.5 cm³/mol. The summed E-state index contributed by atoms with van der Waals surface area (Å²) in [5, 5.41) is 6.89. The van der Waals surface area contributed by atoms with Gasteiger partial charge in [0.25, 0.3) is 0 Å². The Balaban J connectivity index is 0.000000292. The van der Waals surface area contributed by atoms with Crippen molar-refractivity contribution in [2.75, 3.05) is 0 Å². The molecule has 2 nitrogen and oxygen atoms in total. The molecular weight excluding hydrogens is 139 g/mol. The van der Waals surface area contributed by atoms with Gasteiger partial charge >= 0.3 is 17.1 Å². The molecule has 0 radical (unpaired) electrons. The molecule has 0 amide bonds. The predicted octanol–water partition coefficient (Wildman–Crippen LogP) is 1.19. The zero-order valence-electron chi connectivity index (χ0n) is 6.53. The van der Waals surface area contributed by atoms with Crippen LogP contribution >= 0.6 is 0 Å². The number of hydrogen-bond acceptors (Lipinski definition) is 1. The first-order valence-electron chi connectivity index (χ1n) is 3.47. The van der Waals surface area contributed by atoms with Crippen molar-refractivity contribution in [1.29, 1.82) is 0 Å². The standard InChI is InChI=1S/C8H10.BHO2/c1-2-8-6-4-3-5-7-8;2-1-3/h3-7H,2H2,1H3;2H. The van der Waals surface area contributed by atoms with Crippen LogP contribution in [0.4, 0.5) is 0 Å². The van der Waals surface area contributed by atoms with E-state index in [1.54, 1.807) is 0 Å². The molecule has 58 valence electrons. The summed E-state index contributed by atoms with van der Waals surface area (Å²) in [4.78, 5) is 0. The minimum atomic E-state index is -0.250. The van der Waals surface area contributed by atoms with E-state index in [-0.39, 0.29) is 7.35 Å². The zero-order valence-corrected chi connectivity index (χ0v) is 6.53. The van der Waals surface area contributed by atoms with Gasteiger partial charge in [-0.3, -0.25) is 0 Å². The second kappa shape index (κ2) is 7.00. The first kappa shape index (κ1) is 9.88. The van der Waals surface area contributed by atoms with Crippen LogP contribution in [0.25, 0.3) is 0 Å². The molecule has 0 spiro atoms. The normalized spacial score (nSPS) is 7.36. The van der Waals surface area contributed by atoms with E-state index in [2.05, 4.69) is 31.2 Å². The van der Waals surface area contributed by atoms with Crippen LogP contribution < -0.4 is 0 Å². The Hall–Kier alpha value is -1.12. The van der Waals surface area contributed by atoms with Crippen LogP contribution in [0.5, 0.6) is 0 Å². The summed E-state index contributed by atoms with van der Waals surface area (Å²) in [5.41, 5.74) is 1.41. The van der Waals surface area contributed by atoms with Gasteiger partial charge in [-0.2, -0.15) is 0 Å². The molecule has 0 unspecified atom stereocenters. The van der Waals surface area contributed by atoms with Crippen molar-refractivity contribution in [1.82, 2.24) is 0 Å². The molecule has 0 atom stereocenters. The molecule has 1 aromatic rings. The molecule has 0 aliphatic heterocycles. The van der Waals surface area contributed by atoms with Crippen LogP contribution in [0.2, 0.25) is 0 Å². The third-order valence-electron chi connectivity index (χ3n) is 1.25. The van der Waals surface area contributed by atoms with Crippen LogP contribution in [0.3, 0.4) is 0 Å². The summed E-state index contributed by atoms with van der Waals surface area (Å²) >= 11 is 0. The van der Waals surface area contributed by atoms with Crippen molar-refractivity contribution < 1.29 is 9.73 Å². The molecule has 0 fully saturated rings. The summed E-state index contributed by atoms with van der Waals surface area (Å²) in [6.07, 6.45) is 1.14. The summed E-state index contributed by atoms with van der Waals surface area (Å²) in [5.74, 6) is 0. The first-order chi connectivity index (χ1) is 5.35. The van der Waals surface area contributed by atoms with Gasteiger partial charge in [-0.05, 0) is 12.0 Å². The number of benzene rings is 1. The van der Waals surface area contributed by atoms with Gasteiger partial charge in [-0.1, -0.05) is 37.3 Å². The van der Waals surface area contributed by atoms with Crippen molar-refractivity contribution >= 4 is 7.35 Å². The first-order valence-corrected chi connectivity index (χ1v) is 3.47. The molecular formula is C8H11BO2. The fraction of sp³-hybridized carbons (Fsp3) is 0.250. The molecule has 1 aromatic carbocycles. The quantitative estimate of drug-likeness (QED) is 0.610. The van der Waals surface area contributed by atoms with Crippen molar-refractivity contribution in [3.05, 3.63) is 35.9 Å². The van der Waals surface area contributed by atoms with E-state index < -0.39 is 0 Å². The fourth-order valence-electron chi connectivity index (χ4n) is 0.714. The van der Waals surface area contributed by atoms with Crippen LogP contribution in [-0.2, 0) is 11.1 Å². The molecule has 0 heterocycles. The summed E-state index contributed by atoms with van der Waals surface area (Å²) < 4.78 is 8.36. The van der Waals surface area contributed by atoms with E-state index >= 15 is 0 Å². The molecule has 1 rings (SSSR count). The Morgan fingerprint density at radius 3 is 2.09 bits per heavy atom. The van der Waals surface area contributed by atoms with Crippen LogP contribution in [0.1, 0.15) is 12.5 Å². The Bertz CT molecular complexity index is 187. The van der Waals surface area contributed by atoms with Crippen molar-refractivity contribution in [2.24, 2.45) is 0 Å². The van der Waals surface area contributed by atoms with Gasteiger partial charge in [0.2, 0.25) is 0 Å². The number of aryl methyl sites for hydroxylation is 1. The molecule has 1 N–H and O–H groups in total. The van der Waals surface area contributed by atoms with E-state index in [4.69, 9.17) is 9.73 Å². The minimum absolute atomic E-state index is 0.250. The molecule has 0 saturated carbocycles. The average Bonchev–Trinajstić information content (AvgIpc) is 2.08. The van der Waals surface area contributed by atoms with Gasteiger partial charge in [-0.25, -0.2) is 0 Å². The maximum atomic E-state index is 8.36. The fourth-order valence-corrected chi connectivity index (χ4v) is 0.714. The van der Waals surface area contributed by atoms with E-state index in [0.717, 1.165) is 6.42 Å². The van der Waals surface area contributed by atoms with Crippen molar-refractivity contribution in [3.8, 4) is 0 Å². The Kier molecular flexibility index (Phi) is 6.29. The second-order valence-electron chi connectivity index (χ2n) is 1.94. The van der Waals surface area contributed by atoms with Gasteiger partial charge in [0.05, 0.1) is 0 Å². The monoisotopic (exact) mass is 150 g/mol. The van der Waals surface area contributed by atoms with Crippen LogP contribution in [0.15, 0.2) is 30.3 Å². The van der Waals surface area contributed by atoms with E-state index in [9.17, 15) is 0 Å². The summed E-state index contributed by atoms with van der Waals surface area (Å²) in [6.45, 7) is 2.16. The summed E-state index contributed by atoms with van der Waals surface area (Å²) in [7, 11) is -0.250. The third kappa shape index (κ3) is 5.34. The molecule has 0 aliphatic carbocycles. The molecule has 11 heavy (non-hydrogen) atoms. The van der Waals surface area contributed by atoms with Gasteiger partial charge in [-0.15, -0.1) is 0 Å². The number of hydrogen-bond donors (Lipinski definition) is 1.